The van der Waals surface area contributed by atoms with Gasteiger partial charge in [0.1, 0.15) is 12.1 Å². The molecule has 0 aromatic carbocycles. The lowest BCUT2D eigenvalue weighted by Crippen LogP contribution is -2.48. The summed E-state index contributed by atoms with van der Waals surface area (Å²) in [5.41, 5.74) is 0.647. The summed E-state index contributed by atoms with van der Waals surface area (Å²) in [6, 6.07) is -1.83. The molecule has 1 aromatic rings. The molecule has 0 spiro atoms. The Balaban J connectivity index is 2.70. The van der Waals surface area contributed by atoms with Crippen molar-refractivity contribution in [2.75, 3.05) is 0 Å². The Labute approximate surface area is 111 Å². The Hall–Kier alpha value is -1.89. The van der Waals surface area contributed by atoms with Crippen molar-refractivity contribution in [3.63, 3.8) is 0 Å². The molecular formula is C12H19N3O4. The highest BCUT2D eigenvalue weighted by Gasteiger charge is 2.26. The molecule has 0 fully saturated rings. The number of aromatic nitrogens is 2. The first-order valence-corrected chi connectivity index (χ1v) is 6.09. The van der Waals surface area contributed by atoms with Crippen LogP contribution in [0.5, 0.6) is 0 Å². The quantitative estimate of drug-likeness (QED) is 0.546. The Bertz CT molecular complexity index is 417. The maximum atomic E-state index is 11.2. The molecule has 1 rings (SSSR count). The van der Waals surface area contributed by atoms with Crippen molar-refractivity contribution in [2.45, 2.75) is 38.8 Å². The number of hydrogen-bond acceptors (Lipinski definition) is 4. The van der Waals surface area contributed by atoms with Crippen LogP contribution in [0.4, 0.5) is 0 Å². The predicted octanol–water partition coefficient (Wildman–Crippen LogP) is 0.494. The van der Waals surface area contributed by atoms with Gasteiger partial charge in [0.05, 0.1) is 6.33 Å². The number of imidazole rings is 1. The second-order valence-corrected chi connectivity index (χ2v) is 4.86. The van der Waals surface area contributed by atoms with Gasteiger partial charge >= 0.3 is 11.9 Å². The van der Waals surface area contributed by atoms with E-state index in [0.29, 0.717) is 12.1 Å². The Kier molecular flexibility index (Phi) is 5.50. The number of rotatable bonds is 8. The van der Waals surface area contributed by atoms with Crippen molar-refractivity contribution in [2.24, 2.45) is 5.92 Å². The van der Waals surface area contributed by atoms with Gasteiger partial charge in [0.2, 0.25) is 0 Å². The van der Waals surface area contributed by atoms with E-state index in [4.69, 9.17) is 10.2 Å². The molecule has 4 N–H and O–H groups in total. The predicted molar refractivity (Wildman–Crippen MR) is 67.7 cm³/mol. The van der Waals surface area contributed by atoms with Crippen LogP contribution >= 0.6 is 0 Å². The largest absolute Gasteiger partial charge is 0.480 e. The van der Waals surface area contributed by atoms with Crippen molar-refractivity contribution >= 4 is 11.9 Å². The maximum absolute atomic E-state index is 11.2. The highest BCUT2D eigenvalue weighted by Crippen LogP contribution is 2.08. The van der Waals surface area contributed by atoms with E-state index < -0.39 is 24.0 Å². The molecule has 1 heterocycles. The molecule has 1 unspecified atom stereocenters. The number of aromatic amines is 1. The maximum Gasteiger partial charge on any atom is 0.321 e. The highest BCUT2D eigenvalue weighted by molar-refractivity contribution is 5.77. The van der Waals surface area contributed by atoms with Gasteiger partial charge in [-0.1, -0.05) is 13.8 Å². The lowest BCUT2D eigenvalue weighted by molar-refractivity contribution is -0.142. The van der Waals surface area contributed by atoms with Crippen LogP contribution in [0, 0.1) is 5.92 Å². The molecule has 0 radical (unpaired) electrons. The normalized spacial score (nSPS) is 14.3. The summed E-state index contributed by atoms with van der Waals surface area (Å²) in [7, 11) is 0. The number of carboxylic acids is 2. The summed E-state index contributed by atoms with van der Waals surface area (Å²) in [5.74, 6) is -1.95. The third-order valence-electron chi connectivity index (χ3n) is 2.68. The van der Waals surface area contributed by atoms with Crippen LogP contribution in [0.25, 0.3) is 0 Å². The van der Waals surface area contributed by atoms with Crippen LogP contribution in [-0.4, -0.2) is 44.2 Å². The minimum Gasteiger partial charge on any atom is -0.480 e. The first kappa shape index (κ1) is 15.2. The first-order valence-electron chi connectivity index (χ1n) is 6.09. The Morgan fingerprint density at radius 2 is 1.95 bits per heavy atom. The minimum atomic E-state index is -1.08. The van der Waals surface area contributed by atoms with Gasteiger partial charge in [0.15, 0.2) is 0 Å². The van der Waals surface area contributed by atoms with Crippen molar-refractivity contribution in [3.05, 3.63) is 18.2 Å². The minimum absolute atomic E-state index is 0.162. The van der Waals surface area contributed by atoms with E-state index in [-0.39, 0.29) is 12.3 Å². The van der Waals surface area contributed by atoms with Crippen molar-refractivity contribution in [1.29, 1.82) is 0 Å². The number of hydrogen-bond donors (Lipinski definition) is 4. The number of nitrogens with one attached hydrogen (secondary N) is 2. The zero-order valence-electron chi connectivity index (χ0n) is 11.0. The fraction of sp³-hybridized carbons (Fsp3) is 0.583. The molecule has 7 nitrogen and oxygen atoms in total. The topological polar surface area (TPSA) is 115 Å². The Morgan fingerprint density at radius 1 is 1.32 bits per heavy atom. The lowest BCUT2D eigenvalue weighted by Gasteiger charge is -2.21. The summed E-state index contributed by atoms with van der Waals surface area (Å²) in [6.07, 6.45) is 3.52. The molecule has 0 bridgehead atoms. The summed E-state index contributed by atoms with van der Waals surface area (Å²) in [4.78, 5) is 28.9. The molecule has 0 aliphatic heterocycles. The SMILES string of the molecule is CC(C)CC(N[C@H](Cc1cnc[nH]1)C(=O)O)C(=O)O. The van der Waals surface area contributed by atoms with Gasteiger partial charge in [-0.05, 0) is 12.3 Å². The van der Waals surface area contributed by atoms with Crippen LogP contribution in [-0.2, 0) is 16.0 Å². The molecule has 0 amide bonds. The average Bonchev–Trinajstić information content (AvgIpc) is 2.78. The smallest absolute Gasteiger partial charge is 0.321 e. The van der Waals surface area contributed by atoms with E-state index in [2.05, 4.69) is 15.3 Å². The molecule has 1 aromatic heterocycles. The fourth-order valence-electron chi connectivity index (χ4n) is 1.79. The van der Waals surface area contributed by atoms with E-state index in [9.17, 15) is 9.59 Å². The third kappa shape index (κ3) is 5.09. The molecule has 0 aliphatic rings. The standard InChI is InChI=1S/C12H19N3O4/c1-7(2)3-9(11(16)17)15-10(12(18)19)4-8-5-13-6-14-8/h5-7,9-10,15H,3-4H2,1-2H3,(H,13,14)(H,16,17)(H,18,19)/t9?,10-/m1/s1. The molecule has 0 saturated carbocycles. The van der Waals surface area contributed by atoms with Crippen molar-refractivity contribution in [1.82, 2.24) is 15.3 Å². The van der Waals surface area contributed by atoms with Crippen LogP contribution in [0.3, 0.4) is 0 Å². The van der Waals surface area contributed by atoms with Crippen molar-refractivity contribution in [3.8, 4) is 0 Å². The van der Waals surface area contributed by atoms with E-state index in [1.54, 1.807) is 0 Å². The van der Waals surface area contributed by atoms with Crippen LogP contribution in [0.15, 0.2) is 12.5 Å². The molecule has 2 atom stereocenters. The summed E-state index contributed by atoms with van der Waals surface area (Å²) in [5, 5.41) is 20.9. The highest BCUT2D eigenvalue weighted by atomic mass is 16.4. The number of carboxylic acid groups (broad SMARTS) is 2. The second-order valence-electron chi connectivity index (χ2n) is 4.86. The average molecular weight is 269 g/mol. The molecule has 106 valence electrons. The summed E-state index contributed by atoms with van der Waals surface area (Å²) in [6.45, 7) is 3.78. The number of nitrogens with zero attached hydrogens (tertiary/aromatic N) is 1. The lowest BCUT2D eigenvalue weighted by atomic mass is 10.0. The van der Waals surface area contributed by atoms with E-state index in [0.717, 1.165) is 0 Å². The first-order chi connectivity index (χ1) is 8.90. The second kappa shape index (κ2) is 6.89. The molecule has 0 aliphatic carbocycles. The van der Waals surface area contributed by atoms with E-state index >= 15 is 0 Å². The van der Waals surface area contributed by atoms with Gasteiger partial charge < -0.3 is 15.2 Å². The van der Waals surface area contributed by atoms with Crippen molar-refractivity contribution < 1.29 is 19.8 Å². The summed E-state index contributed by atoms with van der Waals surface area (Å²) < 4.78 is 0. The Morgan fingerprint density at radius 3 is 2.37 bits per heavy atom. The zero-order valence-corrected chi connectivity index (χ0v) is 11.0. The van der Waals surface area contributed by atoms with E-state index in [1.807, 2.05) is 13.8 Å². The van der Waals surface area contributed by atoms with Gasteiger partial charge in [0, 0.05) is 18.3 Å². The van der Waals surface area contributed by atoms with Crippen LogP contribution in [0.2, 0.25) is 0 Å². The molecular weight excluding hydrogens is 250 g/mol. The third-order valence-corrected chi connectivity index (χ3v) is 2.68. The van der Waals surface area contributed by atoms with Crippen LogP contribution < -0.4 is 5.32 Å². The van der Waals surface area contributed by atoms with Gasteiger partial charge in [-0.3, -0.25) is 14.9 Å². The molecule has 7 heteroatoms. The number of H-pyrrole nitrogens is 1. The monoisotopic (exact) mass is 269 g/mol. The molecule has 19 heavy (non-hydrogen) atoms. The zero-order chi connectivity index (χ0) is 14.4. The number of aliphatic carboxylic acids is 2. The van der Waals surface area contributed by atoms with Gasteiger partial charge in [-0.15, -0.1) is 0 Å². The van der Waals surface area contributed by atoms with Crippen LogP contribution in [0.1, 0.15) is 26.0 Å². The number of carbonyl (C=O) groups is 2. The summed E-state index contributed by atoms with van der Waals surface area (Å²) >= 11 is 0. The molecule has 0 saturated heterocycles. The van der Waals surface area contributed by atoms with Gasteiger partial charge in [-0.25, -0.2) is 4.98 Å². The van der Waals surface area contributed by atoms with E-state index in [1.165, 1.54) is 12.5 Å². The van der Waals surface area contributed by atoms with Gasteiger partial charge in [0.25, 0.3) is 0 Å². The fourth-order valence-corrected chi connectivity index (χ4v) is 1.79. The van der Waals surface area contributed by atoms with Gasteiger partial charge in [-0.2, -0.15) is 0 Å².